The van der Waals surface area contributed by atoms with Gasteiger partial charge in [-0.25, -0.2) is 9.98 Å². The lowest BCUT2D eigenvalue weighted by Crippen LogP contribution is -1.89. The van der Waals surface area contributed by atoms with Gasteiger partial charge in [-0.05, 0) is 17.7 Å². The first kappa shape index (κ1) is 13.9. The van der Waals surface area contributed by atoms with Crippen LogP contribution in [0.25, 0.3) is 11.3 Å². The summed E-state index contributed by atoms with van der Waals surface area (Å²) in [4.78, 5) is 11.8. The number of anilines is 1. The number of imidazole rings is 1. The van der Waals surface area contributed by atoms with Gasteiger partial charge in [0.1, 0.15) is 11.4 Å². The molecule has 0 aliphatic rings. The standard InChI is InChI=1S/C17H16N4O/c1-22-14-10-6-5-9-13(14)15-16(21-17(18)20-15)19-11-12-7-3-2-4-8-12/h2-11H,1H3,(H3,18,20,21). The van der Waals surface area contributed by atoms with Crippen molar-refractivity contribution in [2.75, 3.05) is 12.8 Å². The fraction of sp³-hybridized carbons (Fsp3) is 0.0588. The molecule has 5 heteroatoms. The third-order valence-electron chi connectivity index (χ3n) is 3.21. The Labute approximate surface area is 128 Å². The number of aliphatic imine (C=N–C) groups is 1. The van der Waals surface area contributed by atoms with Gasteiger partial charge in [0.15, 0.2) is 11.8 Å². The summed E-state index contributed by atoms with van der Waals surface area (Å²) in [7, 11) is 1.63. The van der Waals surface area contributed by atoms with Crippen molar-refractivity contribution >= 4 is 18.0 Å². The van der Waals surface area contributed by atoms with Gasteiger partial charge in [0, 0.05) is 11.8 Å². The van der Waals surface area contributed by atoms with Gasteiger partial charge in [0.05, 0.1) is 7.11 Å². The first-order valence-corrected chi connectivity index (χ1v) is 6.86. The smallest absolute Gasteiger partial charge is 0.199 e. The lowest BCUT2D eigenvalue weighted by atomic mass is 10.1. The Kier molecular flexibility index (Phi) is 3.87. The number of nitrogen functional groups attached to an aromatic ring is 1. The third-order valence-corrected chi connectivity index (χ3v) is 3.21. The van der Waals surface area contributed by atoms with E-state index in [1.165, 1.54) is 0 Å². The van der Waals surface area contributed by atoms with Crippen LogP contribution in [0.4, 0.5) is 11.8 Å². The number of H-pyrrole nitrogens is 1. The van der Waals surface area contributed by atoms with Crippen molar-refractivity contribution in [2.45, 2.75) is 0 Å². The molecule has 0 saturated heterocycles. The van der Waals surface area contributed by atoms with Gasteiger partial charge in [-0.2, -0.15) is 0 Å². The first-order valence-electron chi connectivity index (χ1n) is 6.86. The average Bonchev–Trinajstić information content (AvgIpc) is 2.94. The molecule has 0 aliphatic heterocycles. The zero-order valence-corrected chi connectivity index (χ0v) is 12.2. The van der Waals surface area contributed by atoms with Crippen molar-refractivity contribution < 1.29 is 4.74 Å². The minimum atomic E-state index is 0.320. The molecule has 0 amide bonds. The molecule has 0 spiro atoms. The molecule has 3 aromatic rings. The number of nitrogens with two attached hydrogens (primary N) is 1. The number of aromatic amines is 1. The lowest BCUT2D eigenvalue weighted by Gasteiger charge is -2.06. The molecule has 0 radical (unpaired) electrons. The Hall–Kier alpha value is -3.08. The molecule has 0 unspecified atom stereocenters. The highest BCUT2D eigenvalue weighted by atomic mass is 16.5. The van der Waals surface area contributed by atoms with Crippen LogP contribution in [0.5, 0.6) is 5.75 Å². The molecule has 0 aliphatic carbocycles. The van der Waals surface area contributed by atoms with E-state index in [0.29, 0.717) is 17.5 Å². The van der Waals surface area contributed by atoms with E-state index in [-0.39, 0.29) is 0 Å². The van der Waals surface area contributed by atoms with Crippen LogP contribution in [0.2, 0.25) is 0 Å². The molecule has 0 atom stereocenters. The highest BCUT2D eigenvalue weighted by Gasteiger charge is 2.14. The van der Waals surface area contributed by atoms with E-state index in [9.17, 15) is 0 Å². The maximum atomic E-state index is 5.80. The molecule has 22 heavy (non-hydrogen) atoms. The van der Waals surface area contributed by atoms with Crippen LogP contribution in [0, 0.1) is 0 Å². The number of nitrogens with zero attached hydrogens (tertiary/aromatic N) is 2. The Morgan fingerprint density at radius 2 is 1.82 bits per heavy atom. The van der Waals surface area contributed by atoms with Crippen LogP contribution < -0.4 is 10.5 Å². The number of rotatable bonds is 4. The van der Waals surface area contributed by atoms with Crippen molar-refractivity contribution in [1.82, 2.24) is 9.97 Å². The predicted molar refractivity (Wildman–Crippen MR) is 88.7 cm³/mol. The molecule has 0 fully saturated rings. The summed E-state index contributed by atoms with van der Waals surface area (Å²) < 4.78 is 5.38. The Balaban J connectivity index is 2.02. The molecular weight excluding hydrogens is 276 g/mol. The minimum absolute atomic E-state index is 0.320. The molecule has 3 N–H and O–H groups in total. The van der Waals surface area contributed by atoms with Gasteiger partial charge >= 0.3 is 0 Å². The van der Waals surface area contributed by atoms with E-state index in [2.05, 4.69) is 15.0 Å². The van der Waals surface area contributed by atoms with Gasteiger partial charge in [0.2, 0.25) is 0 Å². The van der Waals surface area contributed by atoms with Crippen molar-refractivity contribution in [2.24, 2.45) is 4.99 Å². The highest BCUT2D eigenvalue weighted by Crippen LogP contribution is 2.34. The second-order valence-electron chi connectivity index (χ2n) is 4.69. The summed E-state index contributed by atoms with van der Waals surface area (Å²) >= 11 is 0. The number of hydrogen-bond donors (Lipinski definition) is 2. The maximum Gasteiger partial charge on any atom is 0.199 e. The number of ether oxygens (including phenoxy) is 1. The van der Waals surface area contributed by atoms with Crippen LogP contribution >= 0.6 is 0 Å². The van der Waals surface area contributed by atoms with Gasteiger partial charge < -0.3 is 15.5 Å². The Bertz CT molecular complexity index is 793. The van der Waals surface area contributed by atoms with E-state index in [1.54, 1.807) is 13.3 Å². The number of methoxy groups -OCH3 is 1. The van der Waals surface area contributed by atoms with Crippen LogP contribution in [0.3, 0.4) is 0 Å². The molecule has 110 valence electrons. The van der Waals surface area contributed by atoms with Crippen LogP contribution in [0.1, 0.15) is 5.56 Å². The molecule has 3 rings (SSSR count). The van der Waals surface area contributed by atoms with Gasteiger partial charge in [0.25, 0.3) is 0 Å². The molecule has 1 aromatic heterocycles. The molecule has 2 aromatic carbocycles. The van der Waals surface area contributed by atoms with E-state index in [0.717, 1.165) is 16.9 Å². The minimum Gasteiger partial charge on any atom is -0.496 e. The SMILES string of the molecule is COc1ccccc1-c1nc(N)[nH]c1N=Cc1ccccc1. The van der Waals surface area contributed by atoms with Crippen LogP contribution in [0.15, 0.2) is 59.6 Å². The van der Waals surface area contributed by atoms with E-state index < -0.39 is 0 Å². The van der Waals surface area contributed by atoms with Gasteiger partial charge in [-0.3, -0.25) is 0 Å². The Morgan fingerprint density at radius 1 is 1.09 bits per heavy atom. The van der Waals surface area contributed by atoms with Gasteiger partial charge in [-0.15, -0.1) is 0 Å². The Morgan fingerprint density at radius 3 is 2.59 bits per heavy atom. The number of nitrogens with one attached hydrogen (secondary N) is 1. The molecule has 0 saturated carbocycles. The quantitative estimate of drug-likeness (QED) is 0.723. The van der Waals surface area contributed by atoms with Gasteiger partial charge in [-0.1, -0.05) is 42.5 Å². The fourth-order valence-electron chi connectivity index (χ4n) is 2.18. The molecule has 5 nitrogen and oxygen atoms in total. The normalized spacial score (nSPS) is 11.0. The number of hydrogen-bond acceptors (Lipinski definition) is 4. The topological polar surface area (TPSA) is 76.3 Å². The molecule has 1 heterocycles. The van der Waals surface area contributed by atoms with E-state index >= 15 is 0 Å². The van der Waals surface area contributed by atoms with Crippen molar-refractivity contribution in [3.8, 4) is 17.0 Å². The number of aromatic nitrogens is 2. The van der Waals surface area contributed by atoms with Crippen molar-refractivity contribution in [3.05, 3.63) is 60.2 Å². The second kappa shape index (κ2) is 6.13. The summed E-state index contributed by atoms with van der Waals surface area (Å²) in [6.45, 7) is 0. The molecule has 0 bridgehead atoms. The summed E-state index contributed by atoms with van der Waals surface area (Å²) in [6, 6.07) is 17.5. The fourth-order valence-corrected chi connectivity index (χ4v) is 2.18. The summed E-state index contributed by atoms with van der Waals surface area (Å²) in [5.74, 6) is 1.65. The predicted octanol–water partition coefficient (Wildman–Crippen LogP) is 3.42. The molecular formula is C17H16N4O. The van der Waals surface area contributed by atoms with E-state index in [1.807, 2.05) is 54.6 Å². The zero-order valence-electron chi connectivity index (χ0n) is 12.2. The highest BCUT2D eigenvalue weighted by molar-refractivity contribution is 5.85. The lowest BCUT2D eigenvalue weighted by molar-refractivity contribution is 0.416. The number of para-hydroxylation sites is 1. The largest absolute Gasteiger partial charge is 0.496 e. The monoisotopic (exact) mass is 292 g/mol. The summed E-state index contributed by atoms with van der Waals surface area (Å²) in [5.41, 5.74) is 8.31. The summed E-state index contributed by atoms with van der Waals surface area (Å²) in [5, 5.41) is 0. The van der Waals surface area contributed by atoms with Crippen molar-refractivity contribution in [1.29, 1.82) is 0 Å². The van der Waals surface area contributed by atoms with Crippen LogP contribution in [-0.2, 0) is 0 Å². The maximum absolute atomic E-state index is 5.80. The second-order valence-corrected chi connectivity index (χ2v) is 4.69. The first-order chi connectivity index (χ1) is 10.8. The van der Waals surface area contributed by atoms with E-state index in [4.69, 9.17) is 10.5 Å². The van der Waals surface area contributed by atoms with Crippen molar-refractivity contribution in [3.63, 3.8) is 0 Å². The summed E-state index contributed by atoms with van der Waals surface area (Å²) in [6.07, 6.45) is 1.77. The zero-order chi connectivity index (χ0) is 15.4. The average molecular weight is 292 g/mol. The third kappa shape index (κ3) is 2.83. The van der Waals surface area contributed by atoms with Crippen LogP contribution in [-0.4, -0.2) is 23.3 Å². The number of benzene rings is 2.